The largest absolute Gasteiger partial charge is 0.378 e. The highest BCUT2D eigenvalue weighted by Gasteiger charge is 2.27. The van der Waals surface area contributed by atoms with Crippen molar-refractivity contribution in [3.8, 4) is 0 Å². The van der Waals surface area contributed by atoms with E-state index in [1.165, 1.54) is 5.56 Å². The van der Waals surface area contributed by atoms with Crippen LogP contribution >= 0.6 is 0 Å². The molecule has 1 aromatic heterocycles. The maximum atomic E-state index is 5.23. The lowest BCUT2D eigenvalue weighted by molar-refractivity contribution is 0.0783. The van der Waals surface area contributed by atoms with Crippen molar-refractivity contribution < 1.29 is 4.74 Å². The molecule has 1 aromatic rings. The molecule has 3 heteroatoms. The predicted octanol–water partition coefficient (Wildman–Crippen LogP) is 2.04. The maximum Gasteiger partial charge on any atom is 0.128 e. The summed E-state index contributed by atoms with van der Waals surface area (Å²) in [7, 11) is 1.76. The Balaban J connectivity index is 1.99. The van der Waals surface area contributed by atoms with E-state index in [0.717, 1.165) is 18.9 Å². The molecule has 0 spiro atoms. The molecule has 0 amide bonds. The SMILES string of the molecule is COC1CN(c2ccc(C(C)C)cn2)C1. The molecule has 2 rings (SSSR count). The van der Waals surface area contributed by atoms with Crippen LogP contribution in [0.2, 0.25) is 0 Å². The lowest BCUT2D eigenvalue weighted by Crippen LogP contribution is -2.52. The highest BCUT2D eigenvalue weighted by Crippen LogP contribution is 2.21. The van der Waals surface area contributed by atoms with Gasteiger partial charge in [0.1, 0.15) is 5.82 Å². The monoisotopic (exact) mass is 206 g/mol. The summed E-state index contributed by atoms with van der Waals surface area (Å²) in [5.41, 5.74) is 1.29. The van der Waals surface area contributed by atoms with Gasteiger partial charge in [-0.15, -0.1) is 0 Å². The summed E-state index contributed by atoms with van der Waals surface area (Å²) in [6.07, 6.45) is 2.36. The van der Waals surface area contributed by atoms with Crippen LogP contribution in [-0.4, -0.2) is 31.3 Å². The molecule has 1 aliphatic rings. The van der Waals surface area contributed by atoms with Crippen molar-refractivity contribution in [2.75, 3.05) is 25.1 Å². The van der Waals surface area contributed by atoms with Gasteiger partial charge in [0, 0.05) is 26.4 Å². The quantitative estimate of drug-likeness (QED) is 0.756. The zero-order chi connectivity index (χ0) is 10.8. The van der Waals surface area contributed by atoms with Crippen LogP contribution in [0, 0.1) is 0 Å². The number of pyridine rings is 1. The van der Waals surface area contributed by atoms with Crippen molar-refractivity contribution in [1.82, 2.24) is 4.98 Å². The molecular weight excluding hydrogens is 188 g/mol. The van der Waals surface area contributed by atoms with Crippen molar-refractivity contribution in [2.24, 2.45) is 0 Å². The molecule has 0 atom stereocenters. The minimum atomic E-state index is 0.386. The van der Waals surface area contributed by atoms with Crippen LogP contribution in [0.15, 0.2) is 18.3 Å². The molecule has 1 aliphatic heterocycles. The summed E-state index contributed by atoms with van der Waals surface area (Å²) in [5.74, 6) is 1.61. The Morgan fingerprint density at radius 2 is 2.13 bits per heavy atom. The maximum absolute atomic E-state index is 5.23. The van der Waals surface area contributed by atoms with Gasteiger partial charge >= 0.3 is 0 Å². The van der Waals surface area contributed by atoms with Gasteiger partial charge in [-0.25, -0.2) is 4.98 Å². The zero-order valence-electron chi connectivity index (χ0n) is 9.60. The number of ether oxygens (including phenoxy) is 1. The molecule has 0 bridgehead atoms. The highest BCUT2D eigenvalue weighted by molar-refractivity contribution is 5.43. The summed E-state index contributed by atoms with van der Waals surface area (Å²) in [6.45, 7) is 6.29. The van der Waals surface area contributed by atoms with E-state index in [2.05, 4.69) is 35.9 Å². The topological polar surface area (TPSA) is 25.4 Å². The third-order valence-electron chi connectivity index (χ3n) is 2.94. The van der Waals surface area contributed by atoms with Gasteiger partial charge in [-0.2, -0.15) is 0 Å². The summed E-state index contributed by atoms with van der Waals surface area (Å²) in [4.78, 5) is 6.70. The number of anilines is 1. The van der Waals surface area contributed by atoms with Gasteiger partial charge in [0.15, 0.2) is 0 Å². The lowest BCUT2D eigenvalue weighted by atomic mass is 10.1. The molecular formula is C12H18N2O. The molecule has 15 heavy (non-hydrogen) atoms. The summed E-state index contributed by atoms with van der Waals surface area (Å²) in [5, 5.41) is 0. The fourth-order valence-electron chi connectivity index (χ4n) is 1.70. The first-order chi connectivity index (χ1) is 7.20. The van der Waals surface area contributed by atoms with Gasteiger partial charge in [0.2, 0.25) is 0 Å². The van der Waals surface area contributed by atoms with E-state index in [9.17, 15) is 0 Å². The molecule has 2 heterocycles. The number of hydrogen-bond donors (Lipinski definition) is 0. The second kappa shape index (κ2) is 4.19. The van der Waals surface area contributed by atoms with Crippen LogP contribution in [0.25, 0.3) is 0 Å². The molecule has 0 radical (unpaired) electrons. The number of aromatic nitrogens is 1. The van der Waals surface area contributed by atoms with Crippen LogP contribution in [0.5, 0.6) is 0 Å². The predicted molar refractivity (Wildman–Crippen MR) is 61.3 cm³/mol. The van der Waals surface area contributed by atoms with Crippen molar-refractivity contribution in [3.63, 3.8) is 0 Å². The molecule has 82 valence electrons. The first-order valence-electron chi connectivity index (χ1n) is 5.44. The zero-order valence-corrected chi connectivity index (χ0v) is 9.60. The first-order valence-corrected chi connectivity index (χ1v) is 5.44. The van der Waals surface area contributed by atoms with Gasteiger partial charge in [-0.3, -0.25) is 0 Å². The second-order valence-electron chi connectivity index (χ2n) is 4.37. The van der Waals surface area contributed by atoms with E-state index >= 15 is 0 Å². The Morgan fingerprint density at radius 3 is 2.60 bits per heavy atom. The Hall–Kier alpha value is -1.09. The van der Waals surface area contributed by atoms with Crippen LogP contribution in [0.4, 0.5) is 5.82 Å². The van der Waals surface area contributed by atoms with Gasteiger partial charge in [-0.1, -0.05) is 19.9 Å². The van der Waals surface area contributed by atoms with Gasteiger partial charge in [0.25, 0.3) is 0 Å². The van der Waals surface area contributed by atoms with E-state index < -0.39 is 0 Å². The third-order valence-corrected chi connectivity index (χ3v) is 2.94. The highest BCUT2D eigenvalue weighted by atomic mass is 16.5. The molecule has 1 saturated heterocycles. The molecule has 0 aliphatic carbocycles. The Morgan fingerprint density at radius 1 is 1.40 bits per heavy atom. The van der Waals surface area contributed by atoms with Crippen LogP contribution in [-0.2, 0) is 4.74 Å². The first kappa shape index (κ1) is 10.4. The van der Waals surface area contributed by atoms with Crippen molar-refractivity contribution in [3.05, 3.63) is 23.9 Å². The Bertz CT molecular complexity index is 315. The van der Waals surface area contributed by atoms with E-state index in [-0.39, 0.29) is 0 Å². The Labute approximate surface area is 91.1 Å². The summed E-state index contributed by atoms with van der Waals surface area (Å²) in [6, 6.07) is 4.26. The van der Waals surface area contributed by atoms with E-state index in [4.69, 9.17) is 4.74 Å². The fourth-order valence-corrected chi connectivity index (χ4v) is 1.70. The van der Waals surface area contributed by atoms with Gasteiger partial charge in [-0.05, 0) is 17.5 Å². The van der Waals surface area contributed by atoms with Crippen molar-refractivity contribution in [2.45, 2.75) is 25.9 Å². The van der Waals surface area contributed by atoms with E-state index in [1.807, 2.05) is 6.20 Å². The van der Waals surface area contributed by atoms with Gasteiger partial charge in [0.05, 0.1) is 6.10 Å². The molecule has 0 aromatic carbocycles. The normalized spacial score (nSPS) is 16.9. The second-order valence-corrected chi connectivity index (χ2v) is 4.37. The molecule has 1 fully saturated rings. The molecule has 0 unspecified atom stereocenters. The van der Waals surface area contributed by atoms with Gasteiger partial charge < -0.3 is 9.64 Å². The lowest BCUT2D eigenvalue weighted by Gasteiger charge is -2.39. The average molecular weight is 206 g/mol. The van der Waals surface area contributed by atoms with Crippen molar-refractivity contribution >= 4 is 5.82 Å². The summed E-state index contributed by atoms with van der Waals surface area (Å²) >= 11 is 0. The minimum absolute atomic E-state index is 0.386. The molecule has 0 N–H and O–H groups in total. The number of rotatable bonds is 3. The number of nitrogens with zero attached hydrogens (tertiary/aromatic N) is 2. The number of methoxy groups -OCH3 is 1. The third kappa shape index (κ3) is 2.12. The van der Waals surface area contributed by atoms with E-state index in [1.54, 1.807) is 7.11 Å². The minimum Gasteiger partial charge on any atom is -0.378 e. The summed E-state index contributed by atoms with van der Waals surface area (Å²) < 4.78 is 5.23. The average Bonchev–Trinajstić information content (AvgIpc) is 2.17. The number of hydrogen-bond acceptors (Lipinski definition) is 3. The Kier molecular flexibility index (Phi) is 2.91. The van der Waals surface area contributed by atoms with E-state index in [0.29, 0.717) is 12.0 Å². The molecule has 3 nitrogen and oxygen atoms in total. The van der Waals surface area contributed by atoms with Crippen LogP contribution in [0.3, 0.4) is 0 Å². The molecule has 0 saturated carbocycles. The fraction of sp³-hybridized carbons (Fsp3) is 0.583. The smallest absolute Gasteiger partial charge is 0.128 e. The standard InChI is InChI=1S/C12H18N2O/c1-9(2)10-4-5-12(13-6-10)14-7-11(8-14)15-3/h4-6,9,11H,7-8H2,1-3H3. The van der Waals surface area contributed by atoms with Crippen LogP contribution in [0.1, 0.15) is 25.3 Å². The van der Waals surface area contributed by atoms with Crippen molar-refractivity contribution in [1.29, 1.82) is 0 Å². The van der Waals surface area contributed by atoms with Crippen LogP contribution < -0.4 is 4.90 Å².